The van der Waals surface area contributed by atoms with E-state index in [1.165, 1.54) is 31.2 Å². The van der Waals surface area contributed by atoms with Gasteiger partial charge in [0.1, 0.15) is 11.6 Å². The van der Waals surface area contributed by atoms with E-state index in [1.54, 1.807) is 36.4 Å². The molecule has 0 radical (unpaired) electrons. The van der Waals surface area contributed by atoms with Crippen molar-refractivity contribution in [1.29, 1.82) is 0 Å². The Morgan fingerprint density at radius 2 is 1.45 bits per heavy atom. The van der Waals surface area contributed by atoms with Crippen LogP contribution in [-0.4, -0.2) is 42.1 Å². The van der Waals surface area contributed by atoms with Crippen LogP contribution in [0.2, 0.25) is 5.02 Å². The summed E-state index contributed by atoms with van der Waals surface area (Å²) in [5.41, 5.74) is 1.11. The third-order valence-electron chi connectivity index (χ3n) is 7.58. The van der Waals surface area contributed by atoms with E-state index in [4.69, 9.17) is 11.6 Å². The van der Waals surface area contributed by atoms with Gasteiger partial charge in [-0.15, -0.1) is 12.4 Å². The van der Waals surface area contributed by atoms with Crippen LogP contribution in [0.15, 0.2) is 72.8 Å². The number of nitrogens with one attached hydrogen (secondary N) is 1. The molecule has 0 aliphatic carbocycles. The van der Waals surface area contributed by atoms with Crippen LogP contribution in [-0.2, 0) is 15.8 Å². The lowest BCUT2D eigenvalue weighted by Crippen LogP contribution is -2.44. The summed E-state index contributed by atoms with van der Waals surface area (Å²) in [5.74, 6) is -0.832. The quantitative estimate of drug-likeness (QED) is 0.325. The highest BCUT2D eigenvalue weighted by Gasteiger charge is 2.36. The average molecular weight is 564 g/mol. The number of benzene rings is 3. The van der Waals surface area contributed by atoms with Crippen molar-refractivity contribution in [2.24, 2.45) is 0 Å². The van der Waals surface area contributed by atoms with Gasteiger partial charge in [0.2, 0.25) is 5.91 Å². The number of halogens is 4. The van der Waals surface area contributed by atoms with Crippen LogP contribution in [0.3, 0.4) is 0 Å². The van der Waals surface area contributed by atoms with Gasteiger partial charge in [-0.3, -0.25) is 4.79 Å². The third-order valence-corrected chi connectivity index (χ3v) is 7.83. The predicted octanol–water partition coefficient (Wildman–Crippen LogP) is 6.23. The fraction of sp³-hybridized carbons (Fsp3) is 0.367. The molecule has 1 saturated heterocycles. The van der Waals surface area contributed by atoms with Crippen LogP contribution >= 0.6 is 24.0 Å². The van der Waals surface area contributed by atoms with Gasteiger partial charge in [0.25, 0.3) is 0 Å². The molecule has 1 aliphatic rings. The van der Waals surface area contributed by atoms with E-state index in [0.29, 0.717) is 30.8 Å². The molecule has 204 valence electrons. The molecule has 1 fully saturated rings. The molecule has 4 rings (SSSR count). The Morgan fingerprint density at radius 3 is 1.92 bits per heavy atom. The SMILES string of the molecule is CC(=O)NCC(CCCN1CCC(O)(c2ccc(Cl)cc2)CC1)(c1ccc(F)cc1)c1ccc(F)cc1.Cl. The standard InChI is InChI=1S/C30H33ClF2N2O2.ClH/c1-22(36)34-21-29(23-5-11-27(32)12-6-23,24-7-13-28(33)14-8-24)15-2-18-35-19-16-30(37,17-20-35)25-3-9-26(31)10-4-25;/h3-14,37H,2,15-21H2,1H3,(H,34,36);1H. The summed E-state index contributed by atoms with van der Waals surface area (Å²) in [6, 6.07) is 20.0. The van der Waals surface area contributed by atoms with Crippen molar-refractivity contribution in [1.82, 2.24) is 10.2 Å². The Kier molecular flexibility index (Phi) is 10.3. The van der Waals surface area contributed by atoms with Crippen molar-refractivity contribution >= 4 is 29.9 Å². The van der Waals surface area contributed by atoms with Crippen LogP contribution in [0.25, 0.3) is 0 Å². The maximum absolute atomic E-state index is 13.8. The number of carbonyl (C=O) groups excluding carboxylic acids is 1. The number of amides is 1. The molecule has 2 N–H and O–H groups in total. The van der Waals surface area contributed by atoms with Gasteiger partial charge in [0.15, 0.2) is 0 Å². The highest BCUT2D eigenvalue weighted by Crippen LogP contribution is 2.38. The maximum Gasteiger partial charge on any atom is 0.216 e. The summed E-state index contributed by atoms with van der Waals surface area (Å²) in [6.07, 6.45) is 2.72. The average Bonchev–Trinajstić information content (AvgIpc) is 2.89. The van der Waals surface area contributed by atoms with Gasteiger partial charge in [-0.1, -0.05) is 48.0 Å². The Bertz CT molecular complexity index is 1130. The minimum Gasteiger partial charge on any atom is -0.385 e. The highest BCUT2D eigenvalue weighted by molar-refractivity contribution is 6.30. The molecule has 4 nitrogen and oxygen atoms in total. The largest absolute Gasteiger partial charge is 0.385 e. The van der Waals surface area contributed by atoms with Crippen molar-refractivity contribution in [3.05, 3.63) is 106 Å². The minimum absolute atomic E-state index is 0. The van der Waals surface area contributed by atoms with E-state index in [0.717, 1.165) is 42.7 Å². The van der Waals surface area contributed by atoms with Gasteiger partial charge in [0.05, 0.1) is 5.60 Å². The molecule has 3 aromatic rings. The molecule has 1 aliphatic heterocycles. The summed E-state index contributed by atoms with van der Waals surface area (Å²) in [5, 5.41) is 14.8. The molecular weight excluding hydrogens is 529 g/mol. The molecule has 0 atom stereocenters. The number of likely N-dealkylation sites (tertiary alicyclic amines) is 1. The fourth-order valence-electron chi connectivity index (χ4n) is 5.36. The van der Waals surface area contributed by atoms with E-state index >= 15 is 0 Å². The molecule has 0 saturated carbocycles. The maximum atomic E-state index is 13.8. The first-order valence-electron chi connectivity index (χ1n) is 12.7. The molecule has 0 aromatic heterocycles. The van der Waals surface area contributed by atoms with E-state index in [2.05, 4.69) is 10.2 Å². The zero-order chi connectivity index (χ0) is 26.5. The zero-order valence-electron chi connectivity index (χ0n) is 21.4. The number of carbonyl (C=O) groups is 1. The molecule has 1 amide bonds. The zero-order valence-corrected chi connectivity index (χ0v) is 23.0. The number of hydrogen-bond donors (Lipinski definition) is 2. The van der Waals surface area contributed by atoms with Gasteiger partial charge in [-0.05, 0) is 85.3 Å². The molecule has 38 heavy (non-hydrogen) atoms. The number of piperidine rings is 1. The van der Waals surface area contributed by atoms with Crippen LogP contribution in [0, 0.1) is 11.6 Å². The fourth-order valence-corrected chi connectivity index (χ4v) is 5.49. The molecular formula is C30H34Cl2F2N2O2. The Balaban J connectivity index is 0.00000400. The van der Waals surface area contributed by atoms with E-state index < -0.39 is 11.0 Å². The monoisotopic (exact) mass is 562 g/mol. The van der Waals surface area contributed by atoms with Crippen molar-refractivity contribution in [2.75, 3.05) is 26.2 Å². The summed E-state index contributed by atoms with van der Waals surface area (Å²) in [6.45, 7) is 4.10. The highest BCUT2D eigenvalue weighted by atomic mass is 35.5. The van der Waals surface area contributed by atoms with Gasteiger partial charge in [-0.2, -0.15) is 0 Å². The number of hydrogen-bond acceptors (Lipinski definition) is 3. The van der Waals surface area contributed by atoms with Gasteiger partial charge in [0, 0.05) is 37.0 Å². The summed E-state index contributed by atoms with van der Waals surface area (Å²) >= 11 is 6.01. The van der Waals surface area contributed by atoms with Gasteiger partial charge >= 0.3 is 0 Å². The Labute approximate surface area is 234 Å². The van der Waals surface area contributed by atoms with Crippen molar-refractivity contribution in [2.45, 2.75) is 43.6 Å². The van der Waals surface area contributed by atoms with Crippen molar-refractivity contribution < 1.29 is 18.7 Å². The topological polar surface area (TPSA) is 52.6 Å². The summed E-state index contributed by atoms with van der Waals surface area (Å²) in [4.78, 5) is 14.2. The van der Waals surface area contributed by atoms with Crippen molar-refractivity contribution in [3.8, 4) is 0 Å². The lowest BCUT2D eigenvalue weighted by molar-refractivity contribution is -0.119. The van der Waals surface area contributed by atoms with E-state index in [1.807, 2.05) is 12.1 Å². The minimum atomic E-state index is -0.863. The molecule has 0 spiro atoms. The first kappa shape index (κ1) is 30.0. The molecule has 8 heteroatoms. The van der Waals surface area contributed by atoms with Crippen molar-refractivity contribution in [3.63, 3.8) is 0 Å². The number of rotatable bonds is 9. The lowest BCUT2D eigenvalue weighted by Gasteiger charge is -2.40. The van der Waals surface area contributed by atoms with Crippen LogP contribution < -0.4 is 5.32 Å². The number of aliphatic hydroxyl groups is 1. The second kappa shape index (κ2) is 13.0. The second-order valence-electron chi connectivity index (χ2n) is 9.99. The Morgan fingerprint density at radius 1 is 0.947 bits per heavy atom. The van der Waals surface area contributed by atoms with Gasteiger partial charge in [-0.25, -0.2) is 8.78 Å². The molecule has 0 unspecified atom stereocenters. The lowest BCUT2D eigenvalue weighted by atomic mass is 9.71. The second-order valence-corrected chi connectivity index (χ2v) is 10.4. The normalized spacial score (nSPS) is 15.5. The molecule has 0 bridgehead atoms. The van der Waals surface area contributed by atoms with Crippen LogP contribution in [0.5, 0.6) is 0 Å². The first-order chi connectivity index (χ1) is 17.7. The molecule has 1 heterocycles. The molecule has 3 aromatic carbocycles. The summed E-state index contributed by atoms with van der Waals surface area (Å²) in [7, 11) is 0. The van der Waals surface area contributed by atoms with E-state index in [9.17, 15) is 18.7 Å². The first-order valence-corrected chi connectivity index (χ1v) is 13.1. The smallest absolute Gasteiger partial charge is 0.216 e. The predicted molar refractivity (Wildman–Crippen MR) is 150 cm³/mol. The third kappa shape index (κ3) is 7.11. The van der Waals surface area contributed by atoms with Gasteiger partial charge < -0.3 is 15.3 Å². The summed E-state index contributed by atoms with van der Waals surface area (Å²) < 4.78 is 27.6. The van der Waals surface area contributed by atoms with E-state index in [-0.39, 0.29) is 29.9 Å². The van der Waals surface area contributed by atoms with Crippen LogP contribution in [0.1, 0.15) is 49.3 Å². The number of nitrogens with zero attached hydrogens (tertiary/aromatic N) is 1. The Hall–Kier alpha value is -2.51. The van der Waals surface area contributed by atoms with Crippen LogP contribution in [0.4, 0.5) is 8.78 Å².